The lowest BCUT2D eigenvalue weighted by Gasteiger charge is -2.31. The van der Waals surface area contributed by atoms with Crippen molar-refractivity contribution >= 4 is 5.91 Å². The number of amides is 1. The van der Waals surface area contributed by atoms with E-state index < -0.39 is 11.6 Å². The number of aromatic nitrogens is 2. The fourth-order valence-corrected chi connectivity index (χ4v) is 3.72. The molecule has 1 aromatic heterocycles. The molecule has 1 aromatic carbocycles. The van der Waals surface area contributed by atoms with Crippen LogP contribution in [0.25, 0.3) is 0 Å². The fraction of sp³-hybridized carbons (Fsp3) is 0.500. The third-order valence-electron chi connectivity index (χ3n) is 5.11. The Kier molecular flexibility index (Phi) is 4.01. The van der Waals surface area contributed by atoms with Crippen molar-refractivity contribution in [3.8, 4) is 0 Å². The molecule has 0 spiro atoms. The highest BCUT2D eigenvalue weighted by molar-refractivity contribution is 5.83. The number of piperidine rings is 1. The van der Waals surface area contributed by atoms with E-state index in [1.807, 2.05) is 4.90 Å². The van der Waals surface area contributed by atoms with Gasteiger partial charge < -0.3 is 9.42 Å². The van der Waals surface area contributed by atoms with Crippen molar-refractivity contribution in [1.29, 1.82) is 0 Å². The Morgan fingerprint density at radius 2 is 2.20 bits per heavy atom. The Bertz CT molecular complexity index is 807. The van der Waals surface area contributed by atoms with E-state index in [0.29, 0.717) is 36.8 Å². The van der Waals surface area contributed by atoms with E-state index in [1.54, 1.807) is 6.92 Å². The Morgan fingerprint density at radius 1 is 1.36 bits per heavy atom. The smallest absolute Gasteiger partial charge is 0.226 e. The molecule has 1 saturated carbocycles. The van der Waals surface area contributed by atoms with Crippen LogP contribution in [0.5, 0.6) is 0 Å². The highest BCUT2D eigenvalue weighted by atomic mass is 19.1. The molecule has 4 rings (SSSR count). The number of likely N-dealkylation sites (tertiary alicyclic amines) is 1. The minimum absolute atomic E-state index is 0.0404. The summed E-state index contributed by atoms with van der Waals surface area (Å²) in [5, 5.41) is 3.97. The van der Waals surface area contributed by atoms with Gasteiger partial charge in [0.1, 0.15) is 11.6 Å². The maximum absolute atomic E-state index is 13.9. The predicted molar refractivity (Wildman–Crippen MR) is 84.8 cm³/mol. The molecule has 5 nitrogen and oxygen atoms in total. The maximum atomic E-state index is 13.9. The second-order valence-corrected chi connectivity index (χ2v) is 6.91. The van der Waals surface area contributed by atoms with Crippen molar-refractivity contribution in [1.82, 2.24) is 15.0 Å². The summed E-state index contributed by atoms with van der Waals surface area (Å²) in [5.41, 5.74) is 0.433. The van der Waals surface area contributed by atoms with E-state index in [9.17, 15) is 13.6 Å². The zero-order valence-corrected chi connectivity index (χ0v) is 13.9. The monoisotopic (exact) mass is 347 g/mol. The van der Waals surface area contributed by atoms with Crippen LogP contribution in [0.2, 0.25) is 0 Å². The molecule has 2 fully saturated rings. The number of carbonyl (C=O) groups is 1. The van der Waals surface area contributed by atoms with Gasteiger partial charge in [-0.2, -0.15) is 4.98 Å². The average Bonchev–Trinajstić information content (AvgIpc) is 3.26. The molecule has 0 bridgehead atoms. The van der Waals surface area contributed by atoms with Gasteiger partial charge in [-0.05, 0) is 36.8 Å². The van der Waals surface area contributed by atoms with Crippen molar-refractivity contribution in [2.24, 2.45) is 5.92 Å². The molecule has 1 aliphatic carbocycles. The Labute approximate surface area is 144 Å². The molecule has 0 N–H and O–H groups in total. The number of carbonyl (C=O) groups excluding carboxylic acids is 1. The first-order chi connectivity index (χ1) is 12.0. The zero-order chi connectivity index (χ0) is 17.6. The summed E-state index contributed by atoms with van der Waals surface area (Å²) in [6.45, 7) is 3.00. The van der Waals surface area contributed by atoms with Crippen LogP contribution in [0.3, 0.4) is 0 Å². The van der Waals surface area contributed by atoms with E-state index in [2.05, 4.69) is 10.1 Å². The third-order valence-corrected chi connectivity index (χ3v) is 5.11. The van der Waals surface area contributed by atoms with Gasteiger partial charge >= 0.3 is 0 Å². The number of nitrogens with zero attached hydrogens (tertiary/aromatic N) is 3. The first-order valence-electron chi connectivity index (χ1n) is 8.57. The highest BCUT2D eigenvalue weighted by Gasteiger charge is 2.47. The number of hydrogen-bond acceptors (Lipinski definition) is 4. The lowest BCUT2D eigenvalue weighted by Crippen LogP contribution is -2.40. The summed E-state index contributed by atoms with van der Waals surface area (Å²) < 4.78 is 32.0. The van der Waals surface area contributed by atoms with E-state index >= 15 is 0 Å². The van der Waals surface area contributed by atoms with Gasteiger partial charge in [0.05, 0.1) is 0 Å². The molecule has 2 aromatic rings. The largest absolute Gasteiger partial charge is 0.342 e. The summed E-state index contributed by atoms with van der Waals surface area (Å²) in [6, 6.07) is 3.57. The highest BCUT2D eigenvalue weighted by Crippen LogP contribution is 2.49. The predicted octanol–water partition coefficient (Wildman–Crippen LogP) is 3.17. The Balaban J connectivity index is 1.43. The van der Waals surface area contributed by atoms with Crippen molar-refractivity contribution in [2.45, 2.75) is 38.0 Å². The van der Waals surface area contributed by atoms with Gasteiger partial charge in [0.25, 0.3) is 0 Å². The van der Waals surface area contributed by atoms with Crippen LogP contribution in [0.1, 0.15) is 48.4 Å². The van der Waals surface area contributed by atoms with Gasteiger partial charge in [-0.1, -0.05) is 11.2 Å². The van der Waals surface area contributed by atoms with Crippen molar-refractivity contribution in [3.05, 3.63) is 47.1 Å². The van der Waals surface area contributed by atoms with E-state index in [0.717, 1.165) is 18.9 Å². The topological polar surface area (TPSA) is 59.2 Å². The van der Waals surface area contributed by atoms with Gasteiger partial charge in [0, 0.05) is 37.9 Å². The molecule has 3 atom stereocenters. The molecule has 25 heavy (non-hydrogen) atoms. The molecule has 1 amide bonds. The van der Waals surface area contributed by atoms with Crippen LogP contribution in [0.15, 0.2) is 22.7 Å². The molecule has 1 aliphatic heterocycles. The Hall–Kier alpha value is -2.31. The third kappa shape index (κ3) is 3.15. The molecule has 2 heterocycles. The van der Waals surface area contributed by atoms with Crippen LogP contribution < -0.4 is 0 Å². The van der Waals surface area contributed by atoms with E-state index in [-0.39, 0.29) is 23.7 Å². The van der Waals surface area contributed by atoms with E-state index in [4.69, 9.17) is 4.52 Å². The van der Waals surface area contributed by atoms with Crippen molar-refractivity contribution < 1.29 is 18.1 Å². The van der Waals surface area contributed by atoms with Crippen LogP contribution in [0.4, 0.5) is 8.78 Å². The number of hydrogen-bond donors (Lipinski definition) is 0. The van der Waals surface area contributed by atoms with Crippen molar-refractivity contribution in [2.75, 3.05) is 13.1 Å². The van der Waals surface area contributed by atoms with Crippen LogP contribution in [-0.2, 0) is 4.79 Å². The quantitative estimate of drug-likeness (QED) is 0.856. The second kappa shape index (κ2) is 6.20. The SMILES string of the molecule is Cc1nc([C@@H]2CCCN(C(=O)[C@H]3C[C@H]3c3ccc(F)cc3F)C2)no1. The van der Waals surface area contributed by atoms with E-state index in [1.165, 1.54) is 12.1 Å². The molecule has 132 valence electrons. The summed E-state index contributed by atoms with van der Waals surface area (Å²) in [4.78, 5) is 18.9. The number of benzene rings is 1. The maximum Gasteiger partial charge on any atom is 0.226 e. The average molecular weight is 347 g/mol. The van der Waals surface area contributed by atoms with Gasteiger partial charge in [-0.25, -0.2) is 8.78 Å². The van der Waals surface area contributed by atoms with Gasteiger partial charge in [0.15, 0.2) is 5.82 Å². The molecular weight excluding hydrogens is 328 g/mol. The first-order valence-corrected chi connectivity index (χ1v) is 8.57. The normalized spacial score (nSPS) is 25.9. The lowest BCUT2D eigenvalue weighted by atomic mass is 9.96. The Morgan fingerprint density at radius 3 is 2.92 bits per heavy atom. The minimum Gasteiger partial charge on any atom is -0.342 e. The lowest BCUT2D eigenvalue weighted by molar-refractivity contribution is -0.133. The number of rotatable bonds is 3. The summed E-state index contributed by atoms with van der Waals surface area (Å²) in [7, 11) is 0. The first kappa shape index (κ1) is 16.2. The summed E-state index contributed by atoms with van der Waals surface area (Å²) >= 11 is 0. The van der Waals surface area contributed by atoms with Gasteiger partial charge in [-0.3, -0.25) is 4.79 Å². The zero-order valence-electron chi connectivity index (χ0n) is 13.9. The molecule has 2 aliphatic rings. The van der Waals surface area contributed by atoms with Crippen LogP contribution in [-0.4, -0.2) is 34.0 Å². The minimum atomic E-state index is -0.598. The summed E-state index contributed by atoms with van der Waals surface area (Å²) in [6.07, 6.45) is 2.42. The number of halogens is 2. The molecule has 7 heteroatoms. The fourth-order valence-electron chi connectivity index (χ4n) is 3.72. The molecule has 0 unspecified atom stereocenters. The van der Waals surface area contributed by atoms with Crippen LogP contribution in [0, 0.1) is 24.5 Å². The van der Waals surface area contributed by atoms with Crippen molar-refractivity contribution in [3.63, 3.8) is 0 Å². The molecular formula is C18H19F2N3O2. The molecule has 1 saturated heterocycles. The standard InChI is InChI=1S/C18H19F2N3O2/c1-10-21-17(22-25-10)11-3-2-6-23(9-11)18(24)15-8-14(15)13-5-4-12(19)7-16(13)20/h4-5,7,11,14-15H,2-3,6,8-9H2,1H3/t11-,14+,15+/m1/s1. The van der Waals surface area contributed by atoms with Gasteiger partial charge in [0.2, 0.25) is 11.8 Å². The van der Waals surface area contributed by atoms with Crippen LogP contribution >= 0.6 is 0 Å². The number of aryl methyl sites for hydroxylation is 1. The summed E-state index contributed by atoms with van der Waals surface area (Å²) in [5.74, 6) is -0.252. The molecule has 0 radical (unpaired) electrons. The second-order valence-electron chi connectivity index (χ2n) is 6.91. The van der Waals surface area contributed by atoms with Gasteiger partial charge in [-0.15, -0.1) is 0 Å².